The molecule has 0 saturated carbocycles. The molecule has 3 aromatic heterocycles. The van der Waals surface area contributed by atoms with Gasteiger partial charge in [-0.2, -0.15) is 0 Å². The van der Waals surface area contributed by atoms with Crippen molar-refractivity contribution in [3.8, 4) is 56.5 Å². The summed E-state index contributed by atoms with van der Waals surface area (Å²) in [7, 11) is 0. The van der Waals surface area contributed by atoms with Gasteiger partial charge in [0, 0.05) is 44.0 Å². The van der Waals surface area contributed by atoms with Crippen molar-refractivity contribution in [3.63, 3.8) is 0 Å². The summed E-state index contributed by atoms with van der Waals surface area (Å²) in [6.07, 6.45) is 0. The monoisotopic (exact) mass is 704 g/mol. The molecular formula is C50H32N4O. The summed E-state index contributed by atoms with van der Waals surface area (Å²) >= 11 is 0. The van der Waals surface area contributed by atoms with Gasteiger partial charge < -0.3 is 13.6 Å². The predicted octanol–water partition coefficient (Wildman–Crippen LogP) is 12.9. The quantitative estimate of drug-likeness (QED) is 0.173. The lowest BCUT2D eigenvalue weighted by molar-refractivity contribution is 0.585. The third-order valence-electron chi connectivity index (χ3n) is 10.7. The Morgan fingerprint density at radius 3 is 1.38 bits per heavy atom. The van der Waals surface area contributed by atoms with E-state index in [0.717, 1.165) is 44.7 Å². The van der Waals surface area contributed by atoms with E-state index in [1.807, 2.05) is 36.4 Å². The Morgan fingerprint density at radius 1 is 0.309 bits per heavy atom. The van der Waals surface area contributed by atoms with Crippen LogP contribution in [0.3, 0.4) is 0 Å². The fourth-order valence-electron chi connectivity index (χ4n) is 8.18. The molecule has 0 amide bonds. The van der Waals surface area contributed by atoms with Crippen molar-refractivity contribution in [2.24, 2.45) is 0 Å². The van der Waals surface area contributed by atoms with Gasteiger partial charge >= 0.3 is 0 Å². The first-order valence-corrected chi connectivity index (χ1v) is 18.5. The molecule has 0 atom stereocenters. The van der Waals surface area contributed by atoms with Crippen LogP contribution in [0, 0.1) is 0 Å². The van der Waals surface area contributed by atoms with Crippen molar-refractivity contribution >= 4 is 43.6 Å². The molecule has 0 bridgehead atoms. The summed E-state index contributed by atoms with van der Waals surface area (Å²) in [5.74, 6) is 0.984. The number of nitrogens with zero attached hydrogens (tertiary/aromatic N) is 4. The maximum atomic E-state index is 6.29. The number of fused-ring (bicyclic) bond motifs is 6. The minimum Gasteiger partial charge on any atom is -0.416 e. The molecule has 8 aromatic carbocycles. The predicted molar refractivity (Wildman–Crippen MR) is 225 cm³/mol. The van der Waals surface area contributed by atoms with Crippen molar-refractivity contribution in [3.05, 3.63) is 194 Å². The summed E-state index contributed by atoms with van der Waals surface area (Å²) in [5, 5.41) is 13.8. The van der Waals surface area contributed by atoms with E-state index in [2.05, 4.69) is 177 Å². The Kier molecular flexibility index (Phi) is 7.10. The zero-order valence-electron chi connectivity index (χ0n) is 29.7. The molecule has 0 N–H and O–H groups in total. The maximum Gasteiger partial charge on any atom is 0.248 e. The molecular weight excluding hydrogens is 673 g/mol. The van der Waals surface area contributed by atoms with E-state index >= 15 is 0 Å². The maximum absolute atomic E-state index is 6.29. The standard InChI is InChI=1S/C50H32N4O/c1-3-13-33(14-4-1)39-17-7-8-20-42(39)50-52-51-49(55-50)34-23-27-38(28-24-34)54-46-22-12-10-19-41(46)44-32-36(26-30-48(44)54)35-25-29-47-43(31-35)40-18-9-11-21-45(40)53(47)37-15-5-2-6-16-37/h1-32H. The first-order valence-electron chi connectivity index (χ1n) is 18.5. The van der Waals surface area contributed by atoms with E-state index in [0.29, 0.717) is 11.8 Å². The minimum atomic E-state index is 0.486. The van der Waals surface area contributed by atoms with Crippen LogP contribution in [0.25, 0.3) is 100 Å². The van der Waals surface area contributed by atoms with Gasteiger partial charge in [0.2, 0.25) is 11.8 Å². The fraction of sp³-hybridized carbons (Fsp3) is 0. The van der Waals surface area contributed by atoms with E-state index in [1.165, 1.54) is 43.7 Å². The Hall–Kier alpha value is -7.50. The van der Waals surface area contributed by atoms with Gasteiger partial charge in [-0.15, -0.1) is 10.2 Å². The second kappa shape index (κ2) is 12.6. The van der Waals surface area contributed by atoms with Crippen molar-refractivity contribution in [2.45, 2.75) is 0 Å². The second-order valence-corrected chi connectivity index (χ2v) is 13.9. The third kappa shape index (κ3) is 5.09. The number of para-hydroxylation sites is 3. The van der Waals surface area contributed by atoms with Gasteiger partial charge in [-0.25, -0.2) is 0 Å². The number of benzene rings is 8. The minimum absolute atomic E-state index is 0.486. The number of hydrogen-bond acceptors (Lipinski definition) is 3. The molecule has 0 saturated heterocycles. The van der Waals surface area contributed by atoms with Crippen LogP contribution in [0.15, 0.2) is 199 Å². The van der Waals surface area contributed by atoms with Gasteiger partial charge in [0.1, 0.15) is 0 Å². The molecule has 11 rings (SSSR count). The lowest BCUT2D eigenvalue weighted by atomic mass is 10.00. The van der Waals surface area contributed by atoms with Crippen molar-refractivity contribution < 1.29 is 4.42 Å². The number of aromatic nitrogens is 4. The normalized spacial score (nSPS) is 11.6. The van der Waals surface area contributed by atoms with E-state index in [9.17, 15) is 0 Å². The van der Waals surface area contributed by atoms with Crippen LogP contribution in [0.1, 0.15) is 0 Å². The molecule has 0 fully saturated rings. The molecule has 258 valence electrons. The third-order valence-corrected chi connectivity index (χ3v) is 10.7. The van der Waals surface area contributed by atoms with Crippen LogP contribution in [-0.4, -0.2) is 19.3 Å². The lowest BCUT2D eigenvalue weighted by Crippen LogP contribution is -1.94. The lowest BCUT2D eigenvalue weighted by Gasteiger charge is -2.10. The highest BCUT2D eigenvalue weighted by Gasteiger charge is 2.18. The van der Waals surface area contributed by atoms with Gasteiger partial charge in [-0.3, -0.25) is 0 Å². The topological polar surface area (TPSA) is 48.8 Å². The molecule has 0 unspecified atom stereocenters. The van der Waals surface area contributed by atoms with Gasteiger partial charge in [0.05, 0.1) is 22.1 Å². The van der Waals surface area contributed by atoms with Crippen molar-refractivity contribution in [2.75, 3.05) is 0 Å². The SMILES string of the molecule is c1ccc(-c2ccccc2-c2nnc(-c3ccc(-n4c5ccccc5c5cc(-c6ccc7c(c6)c6ccccc6n7-c6ccccc6)ccc54)cc3)o2)cc1. The molecule has 0 spiro atoms. The smallest absolute Gasteiger partial charge is 0.248 e. The number of hydrogen-bond donors (Lipinski definition) is 0. The second-order valence-electron chi connectivity index (χ2n) is 13.9. The van der Waals surface area contributed by atoms with Gasteiger partial charge in [-0.05, 0) is 101 Å². The summed E-state index contributed by atoms with van der Waals surface area (Å²) in [5.41, 5.74) is 13.2. The van der Waals surface area contributed by atoms with Gasteiger partial charge in [-0.1, -0.05) is 115 Å². The average Bonchev–Trinajstić information content (AvgIpc) is 3.97. The van der Waals surface area contributed by atoms with Crippen LogP contribution in [0.2, 0.25) is 0 Å². The molecule has 0 aliphatic heterocycles. The van der Waals surface area contributed by atoms with Crippen LogP contribution in [-0.2, 0) is 0 Å². The summed E-state index contributed by atoms with van der Waals surface area (Å²) in [6, 6.07) is 68.5. The zero-order chi connectivity index (χ0) is 36.3. The highest BCUT2D eigenvalue weighted by Crippen LogP contribution is 2.39. The molecule has 0 aliphatic carbocycles. The first kappa shape index (κ1) is 31.1. The van der Waals surface area contributed by atoms with Crippen LogP contribution >= 0.6 is 0 Å². The zero-order valence-corrected chi connectivity index (χ0v) is 29.7. The molecule has 5 heteroatoms. The van der Waals surface area contributed by atoms with E-state index in [-0.39, 0.29) is 0 Å². The summed E-state index contributed by atoms with van der Waals surface area (Å²) in [6.45, 7) is 0. The number of rotatable bonds is 6. The Morgan fingerprint density at radius 2 is 0.764 bits per heavy atom. The van der Waals surface area contributed by atoms with Gasteiger partial charge in [0.25, 0.3) is 0 Å². The van der Waals surface area contributed by atoms with E-state index in [4.69, 9.17) is 4.42 Å². The largest absolute Gasteiger partial charge is 0.416 e. The molecule has 0 radical (unpaired) electrons. The first-order chi connectivity index (χ1) is 27.3. The van der Waals surface area contributed by atoms with Crippen molar-refractivity contribution in [1.29, 1.82) is 0 Å². The van der Waals surface area contributed by atoms with Crippen LogP contribution < -0.4 is 0 Å². The Labute approximate surface area is 317 Å². The molecule has 0 aliphatic rings. The highest BCUT2D eigenvalue weighted by molar-refractivity contribution is 6.12. The highest BCUT2D eigenvalue weighted by atomic mass is 16.4. The van der Waals surface area contributed by atoms with E-state index in [1.54, 1.807) is 0 Å². The summed E-state index contributed by atoms with van der Waals surface area (Å²) in [4.78, 5) is 0. The molecule has 11 aromatic rings. The Bertz CT molecular complexity index is 3190. The Balaban J connectivity index is 0.969. The van der Waals surface area contributed by atoms with Crippen LogP contribution in [0.5, 0.6) is 0 Å². The molecule has 5 nitrogen and oxygen atoms in total. The average molecular weight is 705 g/mol. The molecule has 3 heterocycles. The summed E-state index contributed by atoms with van der Waals surface area (Å²) < 4.78 is 11.0. The van der Waals surface area contributed by atoms with Crippen molar-refractivity contribution in [1.82, 2.24) is 19.3 Å². The van der Waals surface area contributed by atoms with Crippen LogP contribution in [0.4, 0.5) is 0 Å². The molecule has 55 heavy (non-hydrogen) atoms. The van der Waals surface area contributed by atoms with Gasteiger partial charge in [0.15, 0.2) is 0 Å². The fourth-order valence-corrected chi connectivity index (χ4v) is 8.18. The van der Waals surface area contributed by atoms with E-state index < -0.39 is 0 Å².